The van der Waals surface area contributed by atoms with Crippen molar-refractivity contribution in [2.45, 2.75) is 25.8 Å². The van der Waals surface area contributed by atoms with Crippen molar-refractivity contribution in [3.63, 3.8) is 0 Å². The summed E-state index contributed by atoms with van der Waals surface area (Å²) in [5.74, 6) is -0.274. The lowest BCUT2D eigenvalue weighted by Gasteiger charge is -2.26. The maximum Gasteiger partial charge on any atom is 0.123 e. The lowest BCUT2D eigenvalue weighted by Crippen LogP contribution is -2.35. The molecule has 0 aliphatic heterocycles. The molecule has 0 aliphatic rings. The van der Waals surface area contributed by atoms with Crippen molar-refractivity contribution in [1.29, 1.82) is 0 Å². The molecule has 1 atom stereocenters. The first kappa shape index (κ1) is 14.0. The molecule has 2 aromatic rings. The van der Waals surface area contributed by atoms with Gasteiger partial charge < -0.3 is 5.73 Å². The van der Waals surface area contributed by atoms with Gasteiger partial charge in [-0.1, -0.05) is 35.9 Å². The van der Waals surface area contributed by atoms with Gasteiger partial charge in [0.2, 0.25) is 0 Å². The smallest absolute Gasteiger partial charge is 0.123 e. The molecule has 0 aromatic heterocycles. The van der Waals surface area contributed by atoms with Gasteiger partial charge in [-0.25, -0.2) is 4.39 Å². The normalized spacial score (nSPS) is 14.2. The molecule has 100 valence electrons. The Morgan fingerprint density at radius 3 is 2.58 bits per heavy atom. The van der Waals surface area contributed by atoms with Gasteiger partial charge in [-0.3, -0.25) is 0 Å². The molecule has 0 radical (unpaired) electrons. The fraction of sp³-hybridized carbons (Fsp3) is 0.250. The van der Waals surface area contributed by atoms with Crippen LogP contribution in [-0.4, -0.2) is 0 Å². The predicted molar refractivity (Wildman–Crippen MR) is 77.8 cm³/mol. The largest absolute Gasteiger partial charge is 0.321 e. The number of aryl methyl sites for hydroxylation is 1. The van der Waals surface area contributed by atoms with Crippen LogP contribution in [0.1, 0.15) is 23.6 Å². The second-order valence-electron chi connectivity index (χ2n) is 5.20. The minimum Gasteiger partial charge on any atom is -0.321 e. The molecule has 0 aliphatic carbocycles. The fourth-order valence-corrected chi connectivity index (χ4v) is 2.44. The highest BCUT2D eigenvalue weighted by molar-refractivity contribution is 6.31. The number of benzene rings is 2. The van der Waals surface area contributed by atoms with Gasteiger partial charge in [-0.05, 0) is 55.2 Å². The SMILES string of the molecule is Cc1ccc(CC(C)(N)c2cccc(F)c2)c(Cl)c1. The monoisotopic (exact) mass is 277 g/mol. The first-order chi connectivity index (χ1) is 8.88. The molecule has 2 rings (SSSR count). The van der Waals surface area contributed by atoms with Gasteiger partial charge in [0.1, 0.15) is 5.82 Å². The molecule has 0 heterocycles. The van der Waals surface area contributed by atoms with E-state index in [0.717, 1.165) is 16.7 Å². The summed E-state index contributed by atoms with van der Waals surface area (Å²) in [7, 11) is 0. The summed E-state index contributed by atoms with van der Waals surface area (Å²) >= 11 is 6.22. The quantitative estimate of drug-likeness (QED) is 0.894. The zero-order chi connectivity index (χ0) is 14.0. The Morgan fingerprint density at radius 2 is 1.95 bits per heavy atom. The van der Waals surface area contributed by atoms with Crippen LogP contribution in [0.15, 0.2) is 42.5 Å². The van der Waals surface area contributed by atoms with Gasteiger partial charge in [-0.2, -0.15) is 0 Å². The first-order valence-electron chi connectivity index (χ1n) is 6.18. The summed E-state index contributed by atoms with van der Waals surface area (Å²) in [5.41, 5.74) is 8.52. The van der Waals surface area contributed by atoms with Crippen LogP contribution in [0.4, 0.5) is 4.39 Å². The van der Waals surface area contributed by atoms with E-state index < -0.39 is 5.54 Å². The molecule has 0 fully saturated rings. The average molecular weight is 278 g/mol. The van der Waals surface area contributed by atoms with Gasteiger partial charge in [0, 0.05) is 10.6 Å². The predicted octanol–water partition coefficient (Wildman–Crippen LogP) is 4.20. The zero-order valence-electron chi connectivity index (χ0n) is 11.1. The summed E-state index contributed by atoms with van der Waals surface area (Å²) in [6.07, 6.45) is 0.565. The number of hydrogen-bond acceptors (Lipinski definition) is 1. The van der Waals surface area contributed by atoms with Gasteiger partial charge in [0.15, 0.2) is 0 Å². The molecule has 0 saturated carbocycles. The molecular weight excluding hydrogens is 261 g/mol. The molecule has 0 amide bonds. The van der Waals surface area contributed by atoms with E-state index in [-0.39, 0.29) is 5.82 Å². The highest BCUT2D eigenvalue weighted by Gasteiger charge is 2.23. The Morgan fingerprint density at radius 1 is 1.21 bits per heavy atom. The van der Waals surface area contributed by atoms with Crippen LogP contribution in [0.5, 0.6) is 0 Å². The molecule has 1 unspecified atom stereocenters. The molecule has 2 aromatic carbocycles. The van der Waals surface area contributed by atoms with E-state index in [1.165, 1.54) is 12.1 Å². The van der Waals surface area contributed by atoms with Crippen molar-refractivity contribution >= 4 is 11.6 Å². The van der Waals surface area contributed by atoms with Crippen LogP contribution in [-0.2, 0) is 12.0 Å². The molecule has 0 bridgehead atoms. The molecule has 2 N–H and O–H groups in total. The summed E-state index contributed by atoms with van der Waals surface area (Å²) in [4.78, 5) is 0. The van der Waals surface area contributed by atoms with Crippen molar-refractivity contribution in [3.8, 4) is 0 Å². The van der Waals surface area contributed by atoms with E-state index in [9.17, 15) is 4.39 Å². The van der Waals surface area contributed by atoms with Gasteiger partial charge in [0.05, 0.1) is 0 Å². The summed E-state index contributed by atoms with van der Waals surface area (Å²) in [5, 5.41) is 0.702. The highest BCUT2D eigenvalue weighted by Crippen LogP contribution is 2.27. The Kier molecular flexibility index (Phi) is 3.93. The first-order valence-corrected chi connectivity index (χ1v) is 6.56. The maximum absolute atomic E-state index is 13.3. The third-order valence-corrected chi connectivity index (χ3v) is 3.60. The van der Waals surface area contributed by atoms with E-state index in [2.05, 4.69) is 0 Å². The van der Waals surface area contributed by atoms with Crippen LogP contribution >= 0.6 is 11.6 Å². The zero-order valence-corrected chi connectivity index (χ0v) is 11.8. The van der Waals surface area contributed by atoms with Crippen LogP contribution in [0.3, 0.4) is 0 Å². The third kappa shape index (κ3) is 3.34. The highest BCUT2D eigenvalue weighted by atomic mass is 35.5. The molecule has 0 saturated heterocycles. The van der Waals surface area contributed by atoms with Gasteiger partial charge >= 0.3 is 0 Å². The van der Waals surface area contributed by atoms with Crippen molar-refractivity contribution in [1.82, 2.24) is 0 Å². The lowest BCUT2D eigenvalue weighted by atomic mass is 9.86. The van der Waals surface area contributed by atoms with E-state index >= 15 is 0 Å². The summed E-state index contributed by atoms with van der Waals surface area (Å²) < 4.78 is 13.3. The van der Waals surface area contributed by atoms with Crippen LogP contribution < -0.4 is 5.73 Å². The van der Waals surface area contributed by atoms with Crippen molar-refractivity contribution < 1.29 is 4.39 Å². The molecule has 19 heavy (non-hydrogen) atoms. The average Bonchev–Trinajstić information content (AvgIpc) is 2.33. The van der Waals surface area contributed by atoms with E-state index in [1.54, 1.807) is 6.07 Å². The van der Waals surface area contributed by atoms with Crippen LogP contribution in [0.25, 0.3) is 0 Å². The minimum atomic E-state index is -0.652. The Balaban J connectivity index is 2.30. The van der Waals surface area contributed by atoms with Gasteiger partial charge in [-0.15, -0.1) is 0 Å². The number of rotatable bonds is 3. The maximum atomic E-state index is 13.3. The summed E-state index contributed by atoms with van der Waals surface area (Å²) in [6.45, 7) is 3.88. The van der Waals surface area contributed by atoms with Crippen molar-refractivity contribution in [2.24, 2.45) is 5.73 Å². The Hall–Kier alpha value is -1.38. The van der Waals surface area contributed by atoms with Crippen molar-refractivity contribution in [3.05, 3.63) is 70.0 Å². The number of nitrogens with two attached hydrogens (primary N) is 1. The van der Waals surface area contributed by atoms with Crippen molar-refractivity contribution in [2.75, 3.05) is 0 Å². The molecular formula is C16H17ClFN. The minimum absolute atomic E-state index is 0.274. The van der Waals surface area contributed by atoms with E-state index in [1.807, 2.05) is 38.1 Å². The molecule has 1 nitrogen and oxygen atoms in total. The van der Waals surface area contributed by atoms with E-state index in [0.29, 0.717) is 11.4 Å². The fourth-order valence-electron chi connectivity index (χ4n) is 2.14. The second-order valence-corrected chi connectivity index (χ2v) is 5.61. The number of hydrogen-bond donors (Lipinski definition) is 1. The third-order valence-electron chi connectivity index (χ3n) is 3.25. The molecule has 3 heteroatoms. The van der Waals surface area contributed by atoms with Crippen LogP contribution in [0.2, 0.25) is 5.02 Å². The second kappa shape index (κ2) is 5.32. The lowest BCUT2D eigenvalue weighted by molar-refractivity contribution is 0.486. The standard InChI is InChI=1S/C16H17ClFN/c1-11-6-7-12(15(17)8-11)10-16(2,19)13-4-3-5-14(18)9-13/h3-9H,10,19H2,1-2H3. The van der Waals surface area contributed by atoms with E-state index in [4.69, 9.17) is 17.3 Å². The topological polar surface area (TPSA) is 26.0 Å². The molecule has 0 spiro atoms. The Bertz CT molecular complexity index is 593. The number of halogens is 2. The summed E-state index contributed by atoms with van der Waals surface area (Å²) in [6, 6.07) is 12.3. The Labute approximate surface area is 118 Å². The van der Waals surface area contributed by atoms with Crippen LogP contribution in [0, 0.1) is 12.7 Å². The van der Waals surface area contributed by atoms with Gasteiger partial charge in [0.25, 0.3) is 0 Å².